The highest BCUT2D eigenvalue weighted by Crippen LogP contribution is 2.29. The first-order valence-electron chi connectivity index (χ1n) is 7.04. The van der Waals surface area contributed by atoms with E-state index in [-0.39, 0.29) is 23.9 Å². The van der Waals surface area contributed by atoms with Crippen LogP contribution in [0, 0.1) is 17.8 Å². The van der Waals surface area contributed by atoms with Gasteiger partial charge >= 0.3 is 6.18 Å². The van der Waals surface area contributed by atoms with Gasteiger partial charge in [0, 0.05) is 12.0 Å². The van der Waals surface area contributed by atoms with E-state index in [9.17, 15) is 18.0 Å². The van der Waals surface area contributed by atoms with E-state index in [1.807, 2.05) is 6.08 Å². The number of alkyl halides is 3. The number of carbonyl (C=O) groups excluding carboxylic acids is 1. The maximum Gasteiger partial charge on any atom is 0.416 e. The van der Waals surface area contributed by atoms with Crippen molar-refractivity contribution in [3.8, 4) is 11.8 Å². The molecule has 1 unspecified atom stereocenters. The summed E-state index contributed by atoms with van der Waals surface area (Å²) >= 11 is 0. The predicted molar refractivity (Wildman–Crippen MR) is 77.8 cm³/mol. The van der Waals surface area contributed by atoms with Gasteiger partial charge in [0.15, 0.2) is 0 Å². The molecule has 0 bridgehead atoms. The number of hydrogen-bond donors (Lipinski definition) is 1. The second-order valence-electron chi connectivity index (χ2n) is 5.13. The Morgan fingerprint density at radius 1 is 1.36 bits per heavy atom. The topological polar surface area (TPSA) is 29.1 Å². The summed E-state index contributed by atoms with van der Waals surface area (Å²) in [7, 11) is 0. The van der Waals surface area contributed by atoms with Crippen LogP contribution in [-0.2, 0) is 11.0 Å². The molecule has 2 nitrogen and oxygen atoms in total. The number of carbonyl (C=O) groups is 1. The van der Waals surface area contributed by atoms with Crippen LogP contribution in [0.3, 0.4) is 0 Å². The molecule has 0 radical (unpaired) electrons. The summed E-state index contributed by atoms with van der Waals surface area (Å²) in [5, 5.41) is 2.66. The Bertz CT molecular complexity index is 623. The third-order valence-electron chi connectivity index (χ3n) is 3.36. The molecule has 0 fully saturated rings. The summed E-state index contributed by atoms with van der Waals surface area (Å²) in [6.45, 7) is 0.130. The normalized spacial score (nSPS) is 17.0. The summed E-state index contributed by atoms with van der Waals surface area (Å²) in [4.78, 5) is 11.6. The monoisotopic (exact) mass is 307 g/mol. The van der Waals surface area contributed by atoms with Crippen molar-refractivity contribution in [3.05, 3.63) is 47.5 Å². The van der Waals surface area contributed by atoms with Crippen LogP contribution in [0.25, 0.3) is 0 Å². The fraction of sp³-hybridized carbons (Fsp3) is 0.353. The lowest BCUT2D eigenvalue weighted by Crippen LogP contribution is -2.25. The van der Waals surface area contributed by atoms with Gasteiger partial charge in [-0.05, 0) is 37.0 Å². The third-order valence-corrected chi connectivity index (χ3v) is 3.36. The summed E-state index contributed by atoms with van der Waals surface area (Å²) in [5.41, 5.74) is -0.445. The average Bonchev–Trinajstić information content (AvgIpc) is 2.96. The van der Waals surface area contributed by atoms with Crippen LogP contribution < -0.4 is 5.32 Å². The largest absolute Gasteiger partial charge is 0.416 e. The van der Waals surface area contributed by atoms with E-state index in [4.69, 9.17) is 0 Å². The Hall–Kier alpha value is -2.22. The Labute approximate surface area is 127 Å². The molecule has 116 valence electrons. The highest BCUT2D eigenvalue weighted by molar-refractivity contribution is 5.76. The number of nitrogens with one attached hydrogen (secondary N) is 1. The van der Waals surface area contributed by atoms with Crippen LogP contribution in [0.5, 0.6) is 0 Å². The zero-order chi connectivity index (χ0) is 16.0. The number of hydrogen-bond acceptors (Lipinski definition) is 1. The zero-order valence-electron chi connectivity index (χ0n) is 11.9. The molecule has 0 heterocycles. The highest BCUT2D eigenvalue weighted by atomic mass is 19.4. The van der Waals surface area contributed by atoms with Gasteiger partial charge in [0.25, 0.3) is 0 Å². The third kappa shape index (κ3) is 4.96. The van der Waals surface area contributed by atoms with Gasteiger partial charge in [0.2, 0.25) is 5.91 Å². The van der Waals surface area contributed by atoms with Crippen molar-refractivity contribution >= 4 is 5.91 Å². The van der Waals surface area contributed by atoms with Gasteiger partial charge in [0.05, 0.1) is 12.1 Å². The van der Waals surface area contributed by atoms with Crippen LogP contribution >= 0.6 is 0 Å². The van der Waals surface area contributed by atoms with Gasteiger partial charge in [-0.2, -0.15) is 13.2 Å². The van der Waals surface area contributed by atoms with Crippen LogP contribution in [0.1, 0.15) is 30.4 Å². The average molecular weight is 307 g/mol. The summed E-state index contributed by atoms with van der Waals surface area (Å²) < 4.78 is 37.6. The number of halogens is 3. The van der Waals surface area contributed by atoms with Crippen molar-refractivity contribution in [1.82, 2.24) is 5.32 Å². The summed E-state index contributed by atoms with van der Waals surface area (Å²) in [5.74, 6) is 5.50. The fourth-order valence-electron chi connectivity index (χ4n) is 2.24. The lowest BCUT2D eigenvalue weighted by Gasteiger charge is -2.06. The van der Waals surface area contributed by atoms with Crippen LogP contribution in [0.4, 0.5) is 13.2 Å². The minimum Gasteiger partial charge on any atom is -0.345 e. The number of rotatable bonds is 3. The van der Waals surface area contributed by atoms with E-state index in [0.29, 0.717) is 6.42 Å². The van der Waals surface area contributed by atoms with E-state index >= 15 is 0 Å². The van der Waals surface area contributed by atoms with Crippen molar-refractivity contribution in [2.75, 3.05) is 6.54 Å². The van der Waals surface area contributed by atoms with Gasteiger partial charge < -0.3 is 5.32 Å². The standard InChI is InChI=1S/C17H16F3NO/c18-17(19,20)15-9-3-7-13(11-15)8-4-10-21-16(22)12-14-5-1-2-6-14/h1,3,5,7,9,11,14H,2,6,10,12H2,(H,21,22). The Morgan fingerprint density at radius 2 is 2.18 bits per heavy atom. The number of amides is 1. The first-order chi connectivity index (χ1) is 10.4. The molecule has 1 aliphatic carbocycles. The molecule has 0 saturated carbocycles. The Morgan fingerprint density at radius 3 is 2.86 bits per heavy atom. The van der Waals surface area contributed by atoms with Crippen molar-refractivity contribution in [3.63, 3.8) is 0 Å². The molecule has 1 amide bonds. The van der Waals surface area contributed by atoms with Crippen LogP contribution in [0.15, 0.2) is 36.4 Å². The maximum atomic E-state index is 12.5. The Kier molecular flexibility index (Phi) is 5.26. The van der Waals surface area contributed by atoms with E-state index < -0.39 is 11.7 Å². The lowest BCUT2D eigenvalue weighted by molar-refractivity contribution is -0.137. The number of benzene rings is 1. The molecular formula is C17H16F3NO. The van der Waals surface area contributed by atoms with Gasteiger partial charge in [-0.1, -0.05) is 30.1 Å². The molecule has 1 aromatic carbocycles. The van der Waals surface area contributed by atoms with Crippen molar-refractivity contribution in [1.29, 1.82) is 0 Å². The summed E-state index contributed by atoms with van der Waals surface area (Å²) in [6.07, 6.45) is 2.15. The van der Waals surface area contributed by atoms with E-state index in [1.54, 1.807) is 0 Å². The first kappa shape index (κ1) is 16.2. The number of allylic oxidation sites excluding steroid dienone is 2. The van der Waals surface area contributed by atoms with Gasteiger partial charge in [0.1, 0.15) is 0 Å². The fourth-order valence-corrected chi connectivity index (χ4v) is 2.24. The molecule has 22 heavy (non-hydrogen) atoms. The highest BCUT2D eigenvalue weighted by Gasteiger charge is 2.30. The van der Waals surface area contributed by atoms with Crippen molar-refractivity contribution < 1.29 is 18.0 Å². The molecule has 1 aromatic rings. The zero-order valence-corrected chi connectivity index (χ0v) is 11.9. The van der Waals surface area contributed by atoms with E-state index in [2.05, 4.69) is 23.2 Å². The van der Waals surface area contributed by atoms with Gasteiger partial charge in [-0.25, -0.2) is 0 Å². The SMILES string of the molecule is O=C(CC1C=CCC1)NCC#Cc1cccc(C(F)(F)F)c1. The van der Waals surface area contributed by atoms with Crippen molar-refractivity contribution in [2.45, 2.75) is 25.4 Å². The quantitative estimate of drug-likeness (QED) is 0.672. The molecule has 0 aromatic heterocycles. The molecule has 0 aliphatic heterocycles. The first-order valence-corrected chi connectivity index (χ1v) is 7.04. The lowest BCUT2D eigenvalue weighted by atomic mass is 10.1. The van der Waals surface area contributed by atoms with Gasteiger partial charge in [-0.3, -0.25) is 4.79 Å². The predicted octanol–water partition coefficient (Wildman–Crippen LogP) is 3.53. The second kappa shape index (κ2) is 7.17. The molecule has 1 aliphatic rings. The molecular weight excluding hydrogens is 291 g/mol. The second-order valence-corrected chi connectivity index (χ2v) is 5.13. The molecule has 0 saturated heterocycles. The summed E-state index contributed by atoms with van der Waals surface area (Å²) in [6, 6.07) is 4.82. The molecule has 5 heteroatoms. The minimum absolute atomic E-state index is 0.0881. The smallest absolute Gasteiger partial charge is 0.345 e. The Balaban J connectivity index is 1.83. The van der Waals surface area contributed by atoms with Crippen LogP contribution in [-0.4, -0.2) is 12.5 Å². The maximum absolute atomic E-state index is 12.5. The minimum atomic E-state index is -4.37. The van der Waals surface area contributed by atoms with Crippen LogP contribution in [0.2, 0.25) is 0 Å². The molecule has 0 spiro atoms. The van der Waals surface area contributed by atoms with Gasteiger partial charge in [-0.15, -0.1) is 0 Å². The van der Waals surface area contributed by atoms with E-state index in [1.165, 1.54) is 12.1 Å². The van der Waals surface area contributed by atoms with E-state index in [0.717, 1.165) is 25.0 Å². The van der Waals surface area contributed by atoms with Crippen molar-refractivity contribution in [2.24, 2.45) is 5.92 Å². The molecule has 2 rings (SSSR count). The molecule has 1 N–H and O–H groups in total. The molecule has 1 atom stereocenters.